The second-order valence-electron chi connectivity index (χ2n) is 5.97. The zero-order chi connectivity index (χ0) is 15.2. The Morgan fingerprint density at radius 3 is 3.09 bits per heavy atom. The molecule has 1 aromatic heterocycles. The average Bonchev–Trinajstić information content (AvgIpc) is 3.24. The third kappa shape index (κ3) is 4.04. The minimum atomic E-state index is 0.164. The third-order valence-corrected chi connectivity index (χ3v) is 4.35. The van der Waals surface area contributed by atoms with E-state index in [-0.39, 0.29) is 18.1 Å². The number of likely N-dealkylation sites (tertiary alicyclic amines) is 1. The van der Waals surface area contributed by atoms with E-state index in [9.17, 15) is 4.79 Å². The van der Waals surface area contributed by atoms with Gasteiger partial charge in [0.15, 0.2) is 0 Å². The average molecular weight is 308 g/mol. The van der Waals surface area contributed by atoms with Gasteiger partial charge < -0.3 is 14.4 Å². The van der Waals surface area contributed by atoms with Gasteiger partial charge in [0.05, 0.1) is 31.8 Å². The second-order valence-corrected chi connectivity index (χ2v) is 5.97. The van der Waals surface area contributed by atoms with Crippen LogP contribution in [-0.4, -0.2) is 64.6 Å². The molecule has 0 bridgehead atoms. The van der Waals surface area contributed by atoms with Gasteiger partial charge in [0.25, 0.3) is 0 Å². The van der Waals surface area contributed by atoms with Crippen LogP contribution in [0.1, 0.15) is 38.1 Å². The van der Waals surface area contributed by atoms with Crippen molar-refractivity contribution in [3.05, 3.63) is 12.7 Å². The number of ether oxygens (including phenoxy) is 2. The molecule has 0 aromatic carbocycles. The number of carbonyl (C=O) groups is 1. The summed E-state index contributed by atoms with van der Waals surface area (Å²) in [5.41, 5.74) is 0. The van der Waals surface area contributed by atoms with E-state index in [4.69, 9.17) is 9.47 Å². The number of rotatable bonds is 6. The van der Waals surface area contributed by atoms with Crippen LogP contribution in [0.4, 0.5) is 0 Å². The monoisotopic (exact) mass is 308 g/mol. The lowest BCUT2D eigenvalue weighted by atomic mass is 10.1. The molecule has 7 heteroatoms. The molecule has 1 aromatic rings. The number of nitrogens with zero attached hydrogens (tertiary/aromatic N) is 4. The fraction of sp³-hybridized carbons (Fsp3) is 0.800. The SMILES string of the molecule is O=C(CCOC[C@@H]1CCCO1)N1CCC[C@H](n2cncn2)C1. The Morgan fingerprint density at radius 2 is 2.32 bits per heavy atom. The normalized spacial score (nSPS) is 25.5. The maximum Gasteiger partial charge on any atom is 0.224 e. The van der Waals surface area contributed by atoms with E-state index in [0.29, 0.717) is 26.2 Å². The molecule has 22 heavy (non-hydrogen) atoms. The van der Waals surface area contributed by atoms with Crippen LogP contribution in [0.3, 0.4) is 0 Å². The van der Waals surface area contributed by atoms with Crippen LogP contribution in [0, 0.1) is 0 Å². The van der Waals surface area contributed by atoms with Crippen LogP contribution in [0.25, 0.3) is 0 Å². The van der Waals surface area contributed by atoms with Gasteiger partial charge in [-0.15, -0.1) is 0 Å². The molecule has 1 amide bonds. The molecule has 3 rings (SSSR count). The molecule has 0 unspecified atom stereocenters. The van der Waals surface area contributed by atoms with E-state index in [2.05, 4.69) is 10.1 Å². The van der Waals surface area contributed by atoms with Gasteiger partial charge in [-0.3, -0.25) is 4.79 Å². The summed E-state index contributed by atoms with van der Waals surface area (Å²) in [4.78, 5) is 18.2. The molecule has 0 N–H and O–H groups in total. The van der Waals surface area contributed by atoms with Gasteiger partial charge in [-0.05, 0) is 25.7 Å². The van der Waals surface area contributed by atoms with Gasteiger partial charge in [-0.25, -0.2) is 9.67 Å². The number of amides is 1. The minimum Gasteiger partial charge on any atom is -0.378 e. The predicted molar refractivity (Wildman–Crippen MR) is 79.3 cm³/mol. The van der Waals surface area contributed by atoms with Crippen LogP contribution in [0.2, 0.25) is 0 Å². The summed E-state index contributed by atoms with van der Waals surface area (Å²) in [5.74, 6) is 0.164. The highest BCUT2D eigenvalue weighted by Gasteiger charge is 2.25. The number of hydrogen-bond acceptors (Lipinski definition) is 5. The highest BCUT2D eigenvalue weighted by atomic mass is 16.5. The molecule has 122 valence electrons. The van der Waals surface area contributed by atoms with E-state index in [1.54, 1.807) is 12.7 Å². The number of piperidine rings is 1. The molecule has 0 spiro atoms. The third-order valence-electron chi connectivity index (χ3n) is 4.35. The molecule has 7 nitrogen and oxygen atoms in total. The molecule has 2 atom stereocenters. The van der Waals surface area contributed by atoms with Gasteiger partial charge in [0.1, 0.15) is 12.7 Å². The van der Waals surface area contributed by atoms with Gasteiger partial charge in [-0.1, -0.05) is 0 Å². The summed E-state index contributed by atoms with van der Waals surface area (Å²) >= 11 is 0. The first-order chi connectivity index (χ1) is 10.8. The lowest BCUT2D eigenvalue weighted by molar-refractivity contribution is -0.134. The molecule has 0 radical (unpaired) electrons. The highest BCUT2D eigenvalue weighted by Crippen LogP contribution is 2.20. The Bertz CT molecular complexity index is 459. The van der Waals surface area contributed by atoms with Crippen molar-refractivity contribution < 1.29 is 14.3 Å². The molecule has 0 saturated carbocycles. The van der Waals surface area contributed by atoms with Crippen molar-refractivity contribution in [2.75, 3.05) is 32.9 Å². The van der Waals surface area contributed by atoms with Gasteiger partial charge in [0, 0.05) is 19.7 Å². The number of hydrogen-bond donors (Lipinski definition) is 0. The molecule has 2 fully saturated rings. The smallest absolute Gasteiger partial charge is 0.224 e. The maximum absolute atomic E-state index is 12.3. The number of carbonyl (C=O) groups excluding carboxylic acids is 1. The van der Waals surface area contributed by atoms with E-state index in [1.165, 1.54) is 0 Å². The van der Waals surface area contributed by atoms with Crippen molar-refractivity contribution in [3.8, 4) is 0 Å². The molecule has 3 heterocycles. The molecular weight excluding hydrogens is 284 g/mol. The van der Waals surface area contributed by atoms with Crippen LogP contribution in [0.15, 0.2) is 12.7 Å². The second kappa shape index (κ2) is 7.69. The van der Waals surface area contributed by atoms with E-state index in [1.807, 2.05) is 9.58 Å². The Hall–Kier alpha value is -1.47. The first-order valence-corrected chi connectivity index (χ1v) is 8.14. The van der Waals surface area contributed by atoms with Gasteiger partial charge in [-0.2, -0.15) is 5.10 Å². The summed E-state index contributed by atoms with van der Waals surface area (Å²) in [5, 5.41) is 4.18. The molecule has 2 aliphatic rings. The van der Waals surface area contributed by atoms with Crippen molar-refractivity contribution in [1.82, 2.24) is 19.7 Å². The van der Waals surface area contributed by atoms with Crippen molar-refractivity contribution >= 4 is 5.91 Å². The van der Waals surface area contributed by atoms with Crippen LogP contribution in [-0.2, 0) is 14.3 Å². The molecule has 2 aliphatic heterocycles. The summed E-state index contributed by atoms with van der Waals surface area (Å²) < 4.78 is 12.9. The van der Waals surface area contributed by atoms with E-state index >= 15 is 0 Å². The largest absolute Gasteiger partial charge is 0.378 e. The Labute approximate surface area is 130 Å². The molecule has 2 saturated heterocycles. The van der Waals surface area contributed by atoms with E-state index in [0.717, 1.165) is 38.8 Å². The summed E-state index contributed by atoms with van der Waals surface area (Å²) in [6, 6.07) is 0.244. The predicted octanol–water partition coefficient (Wildman–Crippen LogP) is 1.03. The number of aromatic nitrogens is 3. The zero-order valence-electron chi connectivity index (χ0n) is 12.9. The maximum atomic E-state index is 12.3. The first-order valence-electron chi connectivity index (χ1n) is 8.14. The van der Waals surface area contributed by atoms with Crippen LogP contribution in [0.5, 0.6) is 0 Å². The molecule has 0 aliphatic carbocycles. The summed E-state index contributed by atoms with van der Waals surface area (Å²) in [6.07, 6.45) is 8.17. The lowest BCUT2D eigenvalue weighted by Gasteiger charge is -2.32. The Kier molecular flexibility index (Phi) is 5.39. The highest BCUT2D eigenvalue weighted by molar-refractivity contribution is 5.76. The van der Waals surface area contributed by atoms with Gasteiger partial charge >= 0.3 is 0 Å². The fourth-order valence-corrected chi connectivity index (χ4v) is 3.11. The summed E-state index contributed by atoms with van der Waals surface area (Å²) in [6.45, 7) is 3.46. The van der Waals surface area contributed by atoms with Crippen molar-refractivity contribution in [2.45, 2.75) is 44.2 Å². The summed E-state index contributed by atoms with van der Waals surface area (Å²) in [7, 11) is 0. The van der Waals surface area contributed by atoms with E-state index < -0.39 is 0 Å². The van der Waals surface area contributed by atoms with Crippen molar-refractivity contribution in [2.24, 2.45) is 0 Å². The Morgan fingerprint density at radius 1 is 1.36 bits per heavy atom. The zero-order valence-corrected chi connectivity index (χ0v) is 12.9. The first kappa shape index (κ1) is 15.4. The van der Waals surface area contributed by atoms with Gasteiger partial charge in [0.2, 0.25) is 5.91 Å². The van der Waals surface area contributed by atoms with Crippen LogP contribution < -0.4 is 0 Å². The molecular formula is C15H24N4O3. The quantitative estimate of drug-likeness (QED) is 0.734. The minimum absolute atomic E-state index is 0.164. The van der Waals surface area contributed by atoms with Crippen molar-refractivity contribution in [1.29, 1.82) is 0 Å². The standard InChI is InChI=1S/C15H24N4O3/c20-15(5-8-21-10-14-4-2-7-22-14)18-6-1-3-13(9-18)19-12-16-11-17-19/h11-14H,1-10H2/t13-,14-/m0/s1. The van der Waals surface area contributed by atoms with Crippen LogP contribution >= 0.6 is 0 Å². The Balaban J connectivity index is 1.37. The van der Waals surface area contributed by atoms with Crippen molar-refractivity contribution in [3.63, 3.8) is 0 Å². The topological polar surface area (TPSA) is 69.5 Å². The fourth-order valence-electron chi connectivity index (χ4n) is 3.11. The lowest BCUT2D eigenvalue weighted by Crippen LogP contribution is -2.41.